The van der Waals surface area contributed by atoms with E-state index in [-0.39, 0.29) is 17.6 Å². The number of rotatable bonds is 2. The molecule has 1 aromatic carbocycles. The molecule has 0 amide bonds. The number of fused-ring (bicyclic) bond motifs is 1. The zero-order valence-electron chi connectivity index (χ0n) is 8.05. The molecule has 0 aliphatic carbocycles. The molecule has 1 heterocycles. The van der Waals surface area contributed by atoms with Gasteiger partial charge in [0.25, 0.3) is 5.56 Å². The van der Waals surface area contributed by atoms with Crippen molar-refractivity contribution in [1.29, 1.82) is 0 Å². The van der Waals surface area contributed by atoms with E-state index in [0.717, 1.165) is 4.57 Å². The molecule has 5 nitrogen and oxygen atoms in total. The van der Waals surface area contributed by atoms with E-state index >= 15 is 0 Å². The second-order valence-electron chi connectivity index (χ2n) is 3.16. The van der Waals surface area contributed by atoms with Crippen LogP contribution in [0.3, 0.4) is 0 Å². The Hall–Kier alpha value is -1.88. The molecule has 1 N–H and O–H groups in total. The molecule has 0 aliphatic rings. The van der Waals surface area contributed by atoms with Crippen molar-refractivity contribution in [2.24, 2.45) is 0 Å². The smallest absolute Gasteiger partial charge is 0.262 e. The highest BCUT2D eigenvalue weighted by molar-refractivity contribution is 6.28. The van der Waals surface area contributed by atoms with Gasteiger partial charge in [-0.1, -0.05) is 0 Å². The molecule has 0 bridgehead atoms. The Kier molecular flexibility index (Phi) is 2.62. The Morgan fingerprint density at radius 3 is 2.94 bits per heavy atom. The SMILES string of the molecule is O=CCn1c(Cl)nc2cc(O)ccc2c1=O. The lowest BCUT2D eigenvalue weighted by Gasteiger charge is -2.05. The molecule has 0 saturated carbocycles. The minimum atomic E-state index is -0.401. The molecule has 0 spiro atoms. The molecule has 1 aromatic heterocycles. The van der Waals surface area contributed by atoms with Crippen LogP contribution in [0.4, 0.5) is 0 Å². The van der Waals surface area contributed by atoms with Crippen molar-refractivity contribution < 1.29 is 9.90 Å². The number of aromatic hydroxyl groups is 1. The topological polar surface area (TPSA) is 72.2 Å². The molecule has 16 heavy (non-hydrogen) atoms. The van der Waals surface area contributed by atoms with Gasteiger partial charge in [-0.15, -0.1) is 0 Å². The minimum Gasteiger partial charge on any atom is -0.508 e. The maximum absolute atomic E-state index is 11.8. The highest BCUT2D eigenvalue weighted by atomic mass is 35.5. The lowest BCUT2D eigenvalue weighted by atomic mass is 10.2. The van der Waals surface area contributed by atoms with Crippen molar-refractivity contribution in [3.05, 3.63) is 33.8 Å². The second kappa shape index (κ2) is 3.94. The van der Waals surface area contributed by atoms with E-state index in [1.165, 1.54) is 18.2 Å². The van der Waals surface area contributed by atoms with Gasteiger partial charge in [-0.3, -0.25) is 9.36 Å². The fourth-order valence-electron chi connectivity index (χ4n) is 1.42. The van der Waals surface area contributed by atoms with Crippen molar-refractivity contribution in [1.82, 2.24) is 9.55 Å². The maximum Gasteiger partial charge on any atom is 0.262 e. The fraction of sp³-hybridized carbons (Fsp3) is 0.100. The summed E-state index contributed by atoms with van der Waals surface area (Å²) in [5.74, 6) is 0.00334. The lowest BCUT2D eigenvalue weighted by Crippen LogP contribution is -2.22. The van der Waals surface area contributed by atoms with Crippen molar-refractivity contribution in [2.45, 2.75) is 6.54 Å². The van der Waals surface area contributed by atoms with Crippen LogP contribution in [0.25, 0.3) is 10.9 Å². The van der Waals surface area contributed by atoms with Gasteiger partial charge in [0.15, 0.2) is 0 Å². The van der Waals surface area contributed by atoms with Crippen LogP contribution in [0.1, 0.15) is 0 Å². The van der Waals surface area contributed by atoms with Gasteiger partial charge < -0.3 is 9.90 Å². The number of hydrogen-bond acceptors (Lipinski definition) is 4. The lowest BCUT2D eigenvalue weighted by molar-refractivity contribution is -0.108. The number of nitrogens with zero attached hydrogens (tertiary/aromatic N) is 2. The Labute approximate surface area is 94.9 Å². The summed E-state index contributed by atoms with van der Waals surface area (Å²) in [7, 11) is 0. The van der Waals surface area contributed by atoms with Crippen LogP contribution in [0, 0.1) is 0 Å². The Morgan fingerprint density at radius 2 is 2.25 bits per heavy atom. The van der Waals surface area contributed by atoms with Crippen LogP contribution in [0.2, 0.25) is 5.28 Å². The molecule has 82 valence electrons. The molecular formula is C10H7ClN2O3. The summed E-state index contributed by atoms with van der Waals surface area (Å²) in [6, 6.07) is 4.16. The highest BCUT2D eigenvalue weighted by Crippen LogP contribution is 2.17. The van der Waals surface area contributed by atoms with Crippen LogP contribution < -0.4 is 5.56 Å². The first-order valence-electron chi connectivity index (χ1n) is 4.46. The zero-order chi connectivity index (χ0) is 11.7. The largest absolute Gasteiger partial charge is 0.508 e. The summed E-state index contributed by atoms with van der Waals surface area (Å²) in [5.41, 5.74) is -0.0979. The van der Waals surface area contributed by atoms with Crippen LogP contribution in [0.5, 0.6) is 5.75 Å². The summed E-state index contributed by atoms with van der Waals surface area (Å²) in [6.45, 7) is -0.137. The maximum atomic E-state index is 11.8. The van der Waals surface area contributed by atoms with E-state index in [1.807, 2.05) is 0 Å². The van der Waals surface area contributed by atoms with Crippen molar-refractivity contribution in [2.75, 3.05) is 0 Å². The van der Waals surface area contributed by atoms with Gasteiger partial charge in [0.05, 0.1) is 17.4 Å². The number of hydrogen-bond donors (Lipinski definition) is 1. The molecule has 0 atom stereocenters. The molecule has 2 aromatic rings. The highest BCUT2D eigenvalue weighted by Gasteiger charge is 2.09. The van der Waals surface area contributed by atoms with E-state index < -0.39 is 5.56 Å². The molecule has 0 aliphatic heterocycles. The molecule has 2 rings (SSSR count). The van der Waals surface area contributed by atoms with E-state index in [4.69, 9.17) is 11.6 Å². The van der Waals surface area contributed by atoms with Gasteiger partial charge >= 0.3 is 0 Å². The van der Waals surface area contributed by atoms with Gasteiger partial charge in [0, 0.05) is 6.07 Å². The van der Waals surface area contributed by atoms with Crippen LogP contribution >= 0.6 is 11.6 Å². The second-order valence-corrected chi connectivity index (χ2v) is 3.50. The van der Waals surface area contributed by atoms with Gasteiger partial charge in [-0.05, 0) is 23.7 Å². The first kappa shape index (κ1) is 10.6. The third-order valence-electron chi connectivity index (χ3n) is 2.15. The number of aldehydes is 1. The number of halogens is 1. The molecule has 0 radical (unpaired) electrons. The summed E-state index contributed by atoms with van der Waals surface area (Å²) in [5, 5.41) is 9.47. The third-order valence-corrected chi connectivity index (χ3v) is 2.44. The molecular weight excluding hydrogens is 232 g/mol. The first-order valence-corrected chi connectivity index (χ1v) is 4.84. The average molecular weight is 239 g/mol. The van der Waals surface area contributed by atoms with Gasteiger partial charge in [-0.25, -0.2) is 4.98 Å². The number of benzene rings is 1. The summed E-state index contributed by atoms with van der Waals surface area (Å²) < 4.78 is 1.06. The Balaban J connectivity index is 2.83. The predicted octanol–water partition coefficient (Wildman–Crippen LogP) is 0.954. The number of phenols is 1. The number of aromatic nitrogens is 2. The van der Waals surface area contributed by atoms with E-state index in [9.17, 15) is 14.7 Å². The standard InChI is InChI=1S/C10H7ClN2O3/c11-10-12-8-5-6(15)1-2-7(8)9(16)13(10)3-4-14/h1-2,4-5,15H,3H2. The van der Waals surface area contributed by atoms with Crippen LogP contribution in [0.15, 0.2) is 23.0 Å². The summed E-state index contributed by atoms with van der Waals surface area (Å²) in [6.07, 6.45) is 0.571. The van der Waals surface area contributed by atoms with Crippen molar-refractivity contribution in [3.8, 4) is 5.75 Å². The Bertz CT molecular complexity index is 621. The number of carbonyl (C=O) groups is 1. The first-order chi connectivity index (χ1) is 7.63. The quantitative estimate of drug-likeness (QED) is 0.625. The van der Waals surface area contributed by atoms with Gasteiger partial charge in [-0.2, -0.15) is 0 Å². The number of carbonyl (C=O) groups excluding carboxylic acids is 1. The fourth-order valence-corrected chi connectivity index (χ4v) is 1.65. The van der Waals surface area contributed by atoms with E-state index in [1.54, 1.807) is 0 Å². The van der Waals surface area contributed by atoms with Crippen LogP contribution in [-0.2, 0) is 11.3 Å². The normalized spacial score (nSPS) is 10.6. The number of phenolic OH excluding ortho intramolecular Hbond substituents is 1. The van der Waals surface area contributed by atoms with Crippen molar-refractivity contribution in [3.63, 3.8) is 0 Å². The van der Waals surface area contributed by atoms with Gasteiger partial charge in [0.1, 0.15) is 12.0 Å². The molecule has 0 unspecified atom stereocenters. The molecule has 0 saturated heterocycles. The molecule has 6 heteroatoms. The summed E-state index contributed by atoms with van der Waals surface area (Å²) >= 11 is 5.75. The van der Waals surface area contributed by atoms with Gasteiger partial charge in [0.2, 0.25) is 5.28 Å². The van der Waals surface area contributed by atoms with Crippen LogP contribution in [-0.4, -0.2) is 20.9 Å². The average Bonchev–Trinajstić information content (AvgIpc) is 2.23. The monoisotopic (exact) mass is 238 g/mol. The molecule has 0 fully saturated rings. The minimum absolute atomic E-state index is 0.00334. The third kappa shape index (κ3) is 1.65. The van der Waals surface area contributed by atoms with E-state index in [2.05, 4.69) is 4.98 Å². The van der Waals surface area contributed by atoms with E-state index in [0.29, 0.717) is 17.2 Å². The Morgan fingerprint density at radius 1 is 1.50 bits per heavy atom. The predicted molar refractivity (Wildman–Crippen MR) is 58.7 cm³/mol. The summed E-state index contributed by atoms with van der Waals surface area (Å²) in [4.78, 5) is 26.2. The van der Waals surface area contributed by atoms with Crippen molar-refractivity contribution >= 4 is 28.8 Å². The zero-order valence-corrected chi connectivity index (χ0v) is 8.81.